The third-order valence-electron chi connectivity index (χ3n) is 6.89. The molecule has 0 aliphatic carbocycles. The number of thioether (sulfide) groups is 1. The molecule has 15 heteroatoms. The molecule has 42 heavy (non-hydrogen) atoms. The zero-order chi connectivity index (χ0) is 30.6. The minimum absolute atomic E-state index is 0.0140. The van der Waals surface area contributed by atoms with Crippen molar-refractivity contribution >= 4 is 46.2 Å². The Kier molecular flexibility index (Phi) is 7.98. The summed E-state index contributed by atoms with van der Waals surface area (Å²) in [6.45, 7) is 9.41. The summed E-state index contributed by atoms with van der Waals surface area (Å²) >= 11 is 7.47. The van der Waals surface area contributed by atoms with Gasteiger partial charge in [-0.3, -0.25) is 14.5 Å². The standard InChI is InChI=1S/C27H30ClF3N6O4S/c1-14-10-35(11-15(2)37(14)25(39)41-26(3,4)5)23-17-8-18(27(29,30)31)20(28)22-21(17)36(24(38)34-23)12-16(13-42-22)40-19-9-32-6-7-33-19/h6-9,14-16H,10-13H2,1-5H3/t14-,15+,16-/m0/s1. The van der Waals surface area contributed by atoms with Crippen LogP contribution in [-0.2, 0) is 17.5 Å². The smallest absolute Gasteiger partial charge is 0.417 e. The van der Waals surface area contributed by atoms with Crippen molar-refractivity contribution < 1.29 is 27.4 Å². The maximum absolute atomic E-state index is 14.2. The Morgan fingerprint density at radius 2 is 1.81 bits per heavy atom. The predicted octanol–water partition coefficient (Wildman–Crippen LogP) is 5.25. The number of halogens is 4. The molecular weight excluding hydrogens is 597 g/mol. The fraction of sp³-hybridized carbons (Fsp3) is 0.519. The van der Waals surface area contributed by atoms with E-state index in [2.05, 4.69) is 15.0 Å². The minimum Gasteiger partial charge on any atom is -0.470 e. The van der Waals surface area contributed by atoms with Crippen LogP contribution in [0.25, 0.3) is 10.9 Å². The van der Waals surface area contributed by atoms with Crippen molar-refractivity contribution in [3.05, 3.63) is 45.7 Å². The van der Waals surface area contributed by atoms with E-state index >= 15 is 0 Å². The molecule has 10 nitrogen and oxygen atoms in total. The molecule has 1 fully saturated rings. The van der Waals surface area contributed by atoms with E-state index in [-0.39, 0.29) is 65.0 Å². The number of benzene rings is 1. The maximum atomic E-state index is 14.2. The number of aromatic nitrogens is 4. The van der Waals surface area contributed by atoms with Crippen LogP contribution in [0.2, 0.25) is 5.02 Å². The Morgan fingerprint density at radius 3 is 2.40 bits per heavy atom. The molecule has 226 valence electrons. The van der Waals surface area contributed by atoms with Gasteiger partial charge in [-0.05, 0) is 40.7 Å². The molecule has 1 saturated heterocycles. The lowest BCUT2D eigenvalue weighted by molar-refractivity contribution is -0.137. The Labute approximate surface area is 249 Å². The van der Waals surface area contributed by atoms with E-state index in [1.807, 2.05) is 13.8 Å². The van der Waals surface area contributed by atoms with Gasteiger partial charge in [0, 0.05) is 36.6 Å². The molecule has 2 aliphatic heterocycles. The first kappa shape index (κ1) is 30.2. The fourth-order valence-electron chi connectivity index (χ4n) is 5.31. The number of piperazine rings is 1. The number of hydrogen-bond acceptors (Lipinski definition) is 9. The van der Waals surface area contributed by atoms with Gasteiger partial charge in [-0.25, -0.2) is 14.6 Å². The highest BCUT2D eigenvalue weighted by atomic mass is 35.5. The first-order valence-electron chi connectivity index (χ1n) is 13.3. The van der Waals surface area contributed by atoms with Crippen LogP contribution in [-0.4, -0.2) is 73.1 Å². The summed E-state index contributed by atoms with van der Waals surface area (Å²) < 4.78 is 55.5. The van der Waals surface area contributed by atoms with Crippen LogP contribution >= 0.6 is 23.4 Å². The number of nitrogens with zero attached hydrogens (tertiary/aromatic N) is 6. The molecule has 5 rings (SSSR count). The molecule has 0 bridgehead atoms. The number of rotatable bonds is 3. The van der Waals surface area contributed by atoms with Crippen LogP contribution in [0, 0.1) is 0 Å². The van der Waals surface area contributed by atoms with Crippen molar-refractivity contribution in [2.75, 3.05) is 23.7 Å². The molecule has 0 unspecified atom stereocenters. The SMILES string of the molecule is C[C@@H]1CN(c2nc(=O)n3c4c(c(Cl)c(C(F)(F)F)cc24)SC[C@@H](Oc2cnccn2)C3)C[C@H](C)N1C(=O)OC(C)(C)C. The summed E-state index contributed by atoms with van der Waals surface area (Å²) in [6, 6.07) is 0.192. The van der Waals surface area contributed by atoms with Crippen LogP contribution in [0.4, 0.5) is 23.8 Å². The summed E-state index contributed by atoms with van der Waals surface area (Å²) in [7, 11) is 0. The summed E-state index contributed by atoms with van der Waals surface area (Å²) in [6.07, 6.45) is -1.52. The molecule has 3 aromatic rings. The number of alkyl halides is 3. The topological polar surface area (TPSA) is 103 Å². The van der Waals surface area contributed by atoms with Gasteiger partial charge in [0.2, 0.25) is 5.88 Å². The number of hydrogen-bond donors (Lipinski definition) is 0. The second kappa shape index (κ2) is 11.1. The minimum atomic E-state index is -4.75. The third-order valence-corrected chi connectivity index (χ3v) is 8.62. The van der Waals surface area contributed by atoms with E-state index in [0.29, 0.717) is 0 Å². The van der Waals surface area contributed by atoms with Crippen LogP contribution < -0.4 is 15.3 Å². The average Bonchev–Trinajstić information content (AvgIpc) is 3.06. The van der Waals surface area contributed by atoms with Gasteiger partial charge < -0.3 is 14.4 Å². The number of amides is 1. The largest absolute Gasteiger partial charge is 0.470 e. The molecule has 1 aromatic carbocycles. The van der Waals surface area contributed by atoms with Crippen molar-refractivity contribution in [2.24, 2.45) is 0 Å². The van der Waals surface area contributed by atoms with Gasteiger partial charge in [0.1, 0.15) is 17.5 Å². The molecule has 2 aliphatic rings. The highest BCUT2D eigenvalue weighted by molar-refractivity contribution is 7.99. The van der Waals surface area contributed by atoms with Crippen LogP contribution in [0.1, 0.15) is 40.2 Å². The second-order valence-electron chi connectivity index (χ2n) is 11.4. The lowest BCUT2D eigenvalue weighted by atomic mass is 10.1. The van der Waals surface area contributed by atoms with Crippen LogP contribution in [0.15, 0.2) is 34.3 Å². The number of carbonyl (C=O) groups excluding carboxylic acids is 1. The second-order valence-corrected chi connectivity index (χ2v) is 12.8. The summed E-state index contributed by atoms with van der Waals surface area (Å²) in [5.74, 6) is 0.521. The van der Waals surface area contributed by atoms with Gasteiger partial charge in [0.15, 0.2) is 0 Å². The van der Waals surface area contributed by atoms with E-state index in [1.165, 1.54) is 23.2 Å². The number of carbonyl (C=O) groups is 1. The lowest BCUT2D eigenvalue weighted by Crippen LogP contribution is -2.59. The molecule has 0 spiro atoms. The van der Waals surface area contributed by atoms with Gasteiger partial charge in [0.05, 0.1) is 45.8 Å². The highest BCUT2D eigenvalue weighted by Crippen LogP contribution is 2.46. The highest BCUT2D eigenvalue weighted by Gasteiger charge is 2.40. The maximum Gasteiger partial charge on any atom is 0.417 e. The van der Waals surface area contributed by atoms with E-state index in [0.717, 1.165) is 17.8 Å². The van der Waals surface area contributed by atoms with Crippen molar-refractivity contribution in [3.8, 4) is 5.88 Å². The van der Waals surface area contributed by atoms with Gasteiger partial charge in [-0.1, -0.05) is 11.6 Å². The van der Waals surface area contributed by atoms with Crippen molar-refractivity contribution in [1.82, 2.24) is 24.4 Å². The molecule has 0 radical (unpaired) electrons. The first-order chi connectivity index (χ1) is 19.6. The monoisotopic (exact) mass is 626 g/mol. The third kappa shape index (κ3) is 5.96. The molecule has 0 N–H and O–H groups in total. The molecular formula is C27H30ClF3N6O4S. The quantitative estimate of drug-likeness (QED) is 0.386. The van der Waals surface area contributed by atoms with E-state index in [9.17, 15) is 22.8 Å². The lowest BCUT2D eigenvalue weighted by Gasteiger charge is -2.45. The number of ether oxygens (including phenoxy) is 2. The summed E-state index contributed by atoms with van der Waals surface area (Å²) in [4.78, 5) is 42.3. The summed E-state index contributed by atoms with van der Waals surface area (Å²) in [5.41, 5.74) is -2.11. The fourth-order valence-corrected chi connectivity index (χ4v) is 6.84. The molecule has 3 atom stereocenters. The van der Waals surface area contributed by atoms with Crippen LogP contribution in [0.3, 0.4) is 0 Å². The Morgan fingerprint density at radius 1 is 1.12 bits per heavy atom. The van der Waals surface area contributed by atoms with Crippen molar-refractivity contribution in [3.63, 3.8) is 0 Å². The Balaban J connectivity index is 1.59. The molecule has 4 heterocycles. The Hall–Kier alpha value is -3.26. The van der Waals surface area contributed by atoms with Crippen molar-refractivity contribution in [2.45, 2.75) is 76.0 Å². The molecule has 1 amide bonds. The van der Waals surface area contributed by atoms with E-state index in [4.69, 9.17) is 21.1 Å². The zero-order valence-electron chi connectivity index (χ0n) is 23.6. The van der Waals surface area contributed by atoms with Gasteiger partial charge in [-0.2, -0.15) is 18.2 Å². The average molecular weight is 627 g/mol. The summed E-state index contributed by atoms with van der Waals surface area (Å²) in [5, 5.41) is -0.346. The van der Waals surface area contributed by atoms with Gasteiger partial charge >= 0.3 is 18.0 Å². The molecule has 0 saturated carbocycles. The van der Waals surface area contributed by atoms with Crippen molar-refractivity contribution in [1.29, 1.82) is 0 Å². The van der Waals surface area contributed by atoms with E-state index < -0.39 is 40.3 Å². The first-order valence-corrected chi connectivity index (χ1v) is 14.7. The Bertz CT molecular complexity index is 1550. The van der Waals surface area contributed by atoms with Crippen LogP contribution in [0.5, 0.6) is 5.88 Å². The molecule has 2 aromatic heterocycles. The van der Waals surface area contributed by atoms with Gasteiger partial charge in [0.25, 0.3) is 0 Å². The van der Waals surface area contributed by atoms with Gasteiger partial charge in [-0.15, -0.1) is 11.8 Å². The zero-order valence-corrected chi connectivity index (χ0v) is 25.2. The van der Waals surface area contributed by atoms with E-state index in [1.54, 1.807) is 30.6 Å². The predicted molar refractivity (Wildman–Crippen MR) is 152 cm³/mol. The number of anilines is 1. The normalized spacial score (nSPS) is 21.3.